The van der Waals surface area contributed by atoms with Crippen LogP contribution in [0.2, 0.25) is 0 Å². The number of ether oxygens (including phenoxy) is 2. The first-order valence-corrected chi connectivity index (χ1v) is 10.0. The lowest BCUT2D eigenvalue weighted by atomic mass is 10.1. The van der Waals surface area contributed by atoms with E-state index in [1.54, 1.807) is 36.4 Å². The Balaban J connectivity index is 1.70. The fraction of sp³-hybridized carbons (Fsp3) is 0.375. The number of hydrogen-bond acceptors (Lipinski definition) is 6. The molecule has 1 atom stereocenters. The quantitative estimate of drug-likeness (QED) is 0.728. The first-order chi connectivity index (χ1) is 12.0. The van der Waals surface area contributed by atoms with Crippen molar-refractivity contribution in [2.24, 2.45) is 0 Å². The van der Waals surface area contributed by atoms with Crippen molar-refractivity contribution in [2.75, 3.05) is 20.2 Å². The number of hydrogen-bond donors (Lipinski definition) is 0. The SMILES string of the molecule is COc1ccc(OC2CCCN(S(=O)(=O)c3ccc(Br)cc3)C2)nn1. The van der Waals surface area contributed by atoms with E-state index in [4.69, 9.17) is 9.47 Å². The van der Waals surface area contributed by atoms with Crippen LogP contribution in [0.15, 0.2) is 45.8 Å². The van der Waals surface area contributed by atoms with Gasteiger partial charge in [0.1, 0.15) is 6.10 Å². The minimum atomic E-state index is -3.54. The van der Waals surface area contributed by atoms with Crippen LogP contribution in [0.25, 0.3) is 0 Å². The number of rotatable bonds is 5. The molecule has 0 spiro atoms. The molecule has 2 heterocycles. The first kappa shape index (κ1) is 18.1. The number of halogens is 1. The summed E-state index contributed by atoms with van der Waals surface area (Å²) in [4.78, 5) is 0.278. The van der Waals surface area contributed by atoms with Crippen LogP contribution < -0.4 is 9.47 Å². The van der Waals surface area contributed by atoms with Gasteiger partial charge in [0.05, 0.1) is 18.6 Å². The molecular formula is C16H18BrN3O4S. The predicted molar refractivity (Wildman–Crippen MR) is 95.1 cm³/mol. The van der Waals surface area contributed by atoms with Gasteiger partial charge in [0.2, 0.25) is 21.8 Å². The maximum Gasteiger partial charge on any atom is 0.243 e. The number of methoxy groups -OCH3 is 1. The maximum atomic E-state index is 12.8. The molecular weight excluding hydrogens is 410 g/mol. The van der Waals surface area contributed by atoms with Crippen molar-refractivity contribution in [1.29, 1.82) is 0 Å². The molecule has 0 N–H and O–H groups in total. The minimum absolute atomic E-state index is 0.262. The third kappa shape index (κ3) is 4.28. The Morgan fingerprint density at radius 1 is 1.12 bits per heavy atom. The highest BCUT2D eigenvalue weighted by Crippen LogP contribution is 2.24. The second kappa shape index (κ2) is 7.67. The Bertz CT molecular complexity index is 812. The Morgan fingerprint density at radius 2 is 1.80 bits per heavy atom. The topological polar surface area (TPSA) is 81.6 Å². The third-order valence-electron chi connectivity index (χ3n) is 3.90. The van der Waals surface area contributed by atoms with Crippen LogP contribution in [0.1, 0.15) is 12.8 Å². The molecule has 134 valence electrons. The van der Waals surface area contributed by atoms with Crippen molar-refractivity contribution in [3.8, 4) is 11.8 Å². The van der Waals surface area contributed by atoms with Gasteiger partial charge in [-0.15, -0.1) is 10.2 Å². The van der Waals surface area contributed by atoms with E-state index in [-0.39, 0.29) is 17.5 Å². The zero-order valence-corrected chi connectivity index (χ0v) is 16.0. The van der Waals surface area contributed by atoms with E-state index in [0.717, 1.165) is 17.3 Å². The van der Waals surface area contributed by atoms with Crippen LogP contribution in [0.4, 0.5) is 0 Å². The van der Waals surface area contributed by atoms with E-state index >= 15 is 0 Å². The van der Waals surface area contributed by atoms with Crippen LogP contribution in [-0.4, -0.2) is 49.2 Å². The van der Waals surface area contributed by atoms with Gasteiger partial charge < -0.3 is 9.47 Å². The van der Waals surface area contributed by atoms with Gasteiger partial charge in [0.25, 0.3) is 0 Å². The molecule has 0 radical (unpaired) electrons. The molecule has 0 amide bonds. The molecule has 1 aromatic carbocycles. The largest absolute Gasteiger partial charge is 0.480 e. The molecule has 25 heavy (non-hydrogen) atoms. The number of sulfonamides is 1. The monoisotopic (exact) mass is 427 g/mol. The summed E-state index contributed by atoms with van der Waals surface area (Å²) in [5.74, 6) is 0.754. The zero-order chi connectivity index (χ0) is 17.9. The number of piperidine rings is 1. The van der Waals surface area contributed by atoms with Crippen molar-refractivity contribution >= 4 is 26.0 Å². The van der Waals surface area contributed by atoms with Gasteiger partial charge in [-0.25, -0.2) is 8.42 Å². The molecule has 1 aliphatic heterocycles. The van der Waals surface area contributed by atoms with Gasteiger partial charge in [0, 0.05) is 23.2 Å². The van der Waals surface area contributed by atoms with Gasteiger partial charge in [-0.05, 0) is 37.1 Å². The smallest absolute Gasteiger partial charge is 0.243 e. The summed E-state index contributed by atoms with van der Waals surface area (Å²) in [6, 6.07) is 9.95. The first-order valence-electron chi connectivity index (χ1n) is 7.79. The summed E-state index contributed by atoms with van der Waals surface area (Å²) in [7, 11) is -2.03. The highest BCUT2D eigenvalue weighted by atomic mass is 79.9. The Morgan fingerprint density at radius 3 is 2.44 bits per heavy atom. The Kier molecular flexibility index (Phi) is 5.55. The van der Waals surface area contributed by atoms with E-state index in [0.29, 0.717) is 18.3 Å². The molecule has 7 nitrogen and oxygen atoms in total. The average molecular weight is 428 g/mol. The molecule has 1 aromatic heterocycles. The van der Waals surface area contributed by atoms with Crippen LogP contribution in [-0.2, 0) is 10.0 Å². The lowest BCUT2D eigenvalue weighted by Gasteiger charge is -2.31. The van der Waals surface area contributed by atoms with Crippen molar-refractivity contribution in [1.82, 2.24) is 14.5 Å². The molecule has 0 bridgehead atoms. The molecule has 1 aliphatic rings. The van der Waals surface area contributed by atoms with Crippen molar-refractivity contribution < 1.29 is 17.9 Å². The summed E-state index contributed by atoms with van der Waals surface area (Å²) >= 11 is 3.31. The van der Waals surface area contributed by atoms with Gasteiger partial charge in [-0.2, -0.15) is 4.31 Å². The lowest BCUT2D eigenvalue weighted by Crippen LogP contribution is -2.44. The molecule has 9 heteroatoms. The van der Waals surface area contributed by atoms with Crippen molar-refractivity contribution in [3.05, 3.63) is 40.9 Å². The van der Waals surface area contributed by atoms with Crippen LogP contribution in [0, 0.1) is 0 Å². The second-order valence-electron chi connectivity index (χ2n) is 5.61. The number of benzene rings is 1. The van der Waals surface area contributed by atoms with Gasteiger partial charge in [0.15, 0.2) is 0 Å². The van der Waals surface area contributed by atoms with Gasteiger partial charge in [-0.1, -0.05) is 15.9 Å². The predicted octanol–water partition coefficient (Wildman–Crippen LogP) is 2.48. The second-order valence-corrected chi connectivity index (χ2v) is 8.47. The average Bonchev–Trinajstić information content (AvgIpc) is 2.63. The van der Waals surface area contributed by atoms with Crippen molar-refractivity contribution in [3.63, 3.8) is 0 Å². The summed E-state index contributed by atoms with van der Waals surface area (Å²) in [5.41, 5.74) is 0. The molecule has 0 aliphatic carbocycles. The summed E-state index contributed by atoms with van der Waals surface area (Å²) < 4.78 is 38.6. The Hall–Kier alpha value is -1.71. The fourth-order valence-electron chi connectivity index (χ4n) is 2.63. The highest BCUT2D eigenvalue weighted by molar-refractivity contribution is 9.10. The van der Waals surface area contributed by atoms with Crippen LogP contribution in [0.5, 0.6) is 11.8 Å². The number of nitrogens with zero attached hydrogens (tertiary/aromatic N) is 3. The van der Waals surface area contributed by atoms with Gasteiger partial charge in [-0.3, -0.25) is 0 Å². The van der Waals surface area contributed by atoms with E-state index < -0.39 is 10.0 Å². The van der Waals surface area contributed by atoms with Gasteiger partial charge >= 0.3 is 0 Å². The van der Waals surface area contributed by atoms with E-state index in [1.807, 2.05) is 0 Å². The summed E-state index contributed by atoms with van der Waals surface area (Å²) in [6.07, 6.45) is 1.23. The Labute approximate surface area is 155 Å². The molecule has 1 fully saturated rings. The van der Waals surface area contributed by atoms with Crippen molar-refractivity contribution in [2.45, 2.75) is 23.8 Å². The third-order valence-corrected chi connectivity index (χ3v) is 6.31. The molecule has 1 unspecified atom stereocenters. The zero-order valence-electron chi connectivity index (χ0n) is 13.6. The summed E-state index contributed by atoms with van der Waals surface area (Å²) in [6.45, 7) is 0.763. The lowest BCUT2D eigenvalue weighted by molar-refractivity contribution is 0.123. The van der Waals surface area contributed by atoms with E-state index in [9.17, 15) is 8.42 Å². The highest BCUT2D eigenvalue weighted by Gasteiger charge is 2.31. The molecule has 0 saturated carbocycles. The van der Waals surface area contributed by atoms with E-state index in [2.05, 4.69) is 26.1 Å². The minimum Gasteiger partial charge on any atom is -0.480 e. The summed E-state index contributed by atoms with van der Waals surface area (Å²) in [5, 5.41) is 7.78. The maximum absolute atomic E-state index is 12.8. The molecule has 3 rings (SSSR count). The standard InChI is InChI=1S/C16H18BrN3O4S/c1-23-15-8-9-16(19-18-15)24-13-3-2-10-20(11-13)25(21,22)14-6-4-12(17)5-7-14/h4-9,13H,2-3,10-11H2,1H3. The van der Waals surface area contributed by atoms with Crippen LogP contribution >= 0.6 is 15.9 Å². The molecule has 2 aromatic rings. The van der Waals surface area contributed by atoms with Crippen LogP contribution in [0.3, 0.4) is 0 Å². The number of aromatic nitrogens is 2. The van der Waals surface area contributed by atoms with E-state index in [1.165, 1.54) is 11.4 Å². The molecule has 1 saturated heterocycles. The fourth-order valence-corrected chi connectivity index (χ4v) is 4.40. The normalized spacial score (nSPS) is 18.7.